The lowest BCUT2D eigenvalue weighted by Gasteiger charge is -2.11. The van der Waals surface area contributed by atoms with Crippen LogP contribution in [0.3, 0.4) is 0 Å². The molecule has 1 rings (SSSR count). The minimum Gasteiger partial charge on any atom is -0.466 e. The molecule has 0 radical (unpaired) electrons. The molecule has 0 atom stereocenters. The first kappa shape index (κ1) is 19.4. The smallest absolute Gasteiger partial charge is 0.307 e. The fourth-order valence-corrected chi connectivity index (χ4v) is 5.32. The van der Waals surface area contributed by atoms with Crippen molar-refractivity contribution < 1.29 is 14.3 Å². The van der Waals surface area contributed by atoms with E-state index in [-0.39, 0.29) is 24.8 Å². The van der Waals surface area contributed by atoms with E-state index in [0.717, 1.165) is 16.4 Å². The van der Waals surface area contributed by atoms with E-state index in [1.165, 1.54) is 0 Å². The van der Waals surface area contributed by atoms with Crippen LogP contribution in [0.5, 0.6) is 0 Å². The number of benzene rings is 1. The number of hydrogen-bond donors (Lipinski definition) is 2. The molecule has 0 aromatic heterocycles. The lowest BCUT2D eigenvalue weighted by atomic mass is 10.3. The number of rotatable bonds is 7. The molecule has 0 aliphatic rings. The first-order chi connectivity index (χ1) is 9.93. The molecular formula is C13H15I3N2O3. The molecule has 0 aliphatic heterocycles. The van der Waals surface area contributed by atoms with E-state index in [2.05, 4.69) is 78.4 Å². The molecule has 0 spiro atoms. The van der Waals surface area contributed by atoms with Crippen molar-refractivity contribution in [1.82, 2.24) is 5.32 Å². The van der Waals surface area contributed by atoms with E-state index < -0.39 is 0 Å². The molecule has 0 fully saturated rings. The Labute approximate surface area is 164 Å². The summed E-state index contributed by atoms with van der Waals surface area (Å²) in [5.74, 6) is -0.386. The molecule has 0 aliphatic carbocycles. The lowest BCUT2D eigenvalue weighted by molar-refractivity contribution is -0.143. The largest absolute Gasteiger partial charge is 0.466 e. The number of hydrogen-bond acceptors (Lipinski definition) is 4. The van der Waals surface area contributed by atoms with Gasteiger partial charge < -0.3 is 15.4 Å². The van der Waals surface area contributed by atoms with E-state index in [4.69, 9.17) is 4.74 Å². The van der Waals surface area contributed by atoms with E-state index in [1.807, 2.05) is 12.1 Å². The molecule has 0 saturated heterocycles. The van der Waals surface area contributed by atoms with Gasteiger partial charge in [-0.05, 0) is 86.8 Å². The van der Waals surface area contributed by atoms with Crippen molar-refractivity contribution in [1.29, 1.82) is 0 Å². The number of halogens is 3. The molecule has 1 aromatic carbocycles. The van der Waals surface area contributed by atoms with Crippen LogP contribution in [0, 0.1) is 10.7 Å². The number of ether oxygens (including phenoxy) is 1. The summed E-state index contributed by atoms with van der Waals surface area (Å²) in [6, 6.07) is 4.01. The second kappa shape index (κ2) is 10.2. The van der Waals surface area contributed by atoms with Crippen LogP contribution >= 0.6 is 67.8 Å². The van der Waals surface area contributed by atoms with Crippen LogP contribution < -0.4 is 10.6 Å². The highest BCUT2D eigenvalue weighted by atomic mass is 127. The highest BCUT2D eigenvalue weighted by Crippen LogP contribution is 2.27. The van der Waals surface area contributed by atoms with Crippen molar-refractivity contribution in [3.8, 4) is 0 Å². The van der Waals surface area contributed by atoms with Gasteiger partial charge >= 0.3 is 5.97 Å². The van der Waals surface area contributed by atoms with Crippen molar-refractivity contribution in [3.63, 3.8) is 0 Å². The molecule has 21 heavy (non-hydrogen) atoms. The molecule has 2 N–H and O–H groups in total. The minimum absolute atomic E-state index is 0.129. The molecule has 0 unspecified atom stereocenters. The average Bonchev–Trinajstić information content (AvgIpc) is 2.39. The maximum absolute atomic E-state index is 11.9. The fourth-order valence-electron chi connectivity index (χ4n) is 1.47. The Morgan fingerprint density at radius 3 is 2.38 bits per heavy atom. The molecule has 8 heteroatoms. The van der Waals surface area contributed by atoms with Crippen LogP contribution in [-0.2, 0) is 14.3 Å². The van der Waals surface area contributed by atoms with Crippen LogP contribution in [0.2, 0.25) is 0 Å². The predicted molar refractivity (Wildman–Crippen MR) is 107 cm³/mol. The minimum atomic E-state index is -0.257. The zero-order valence-corrected chi connectivity index (χ0v) is 17.8. The topological polar surface area (TPSA) is 67.4 Å². The van der Waals surface area contributed by atoms with Gasteiger partial charge in [-0.2, -0.15) is 0 Å². The summed E-state index contributed by atoms with van der Waals surface area (Å²) in [6.07, 6.45) is 0.264. The zero-order valence-electron chi connectivity index (χ0n) is 11.3. The summed E-state index contributed by atoms with van der Waals surface area (Å²) in [5.41, 5.74) is 0.828. The third-order valence-corrected chi connectivity index (χ3v) is 4.69. The highest BCUT2D eigenvalue weighted by Gasteiger charge is 2.10. The van der Waals surface area contributed by atoms with Crippen LogP contribution in [0.1, 0.15) is 13.3 Å². The van der Waals surface area contributed by atoms with Crippen molar-refractivity contribution in [2.24, 2.45) is 0 Å². The Bertz CT molecular complexity index is 500. The van der Waals surface area contributed by atoms with Gasteiger partial charge in [-0.1, -0.05) is 0 Å². The highest BCUT2D eigenvalue weighted by molar-refractivity contribution is 14.1. The third kappa shape index (κ3) is 7.41. The predicted octanol–water partition coefficient (Wildman–Crippen LogP) is 2.98. The van der Waals surface area contributed by atoms with E-state index in [9.17, 15) is 9.59 Å². The number of carbonyl (C=O) groups is 2. The summed E-state index contributed by atoms with van der Waals surface area (Å²) < 4.78 is 7.94. The first-order valence-corrected chi connectivity index (χ1v) is 9.48. The van der Waals surface area contributed by atoms with Gasteiger partial charge in [0.1, 0.15) is 0 Å². The SMILES string of the molecule is CCOC(=O)CCNCC(=O)Nc1c(I)cc(I)cc1I. The van der Waals surface area contributed by atoms with Crippen LogP contribution in [0.25, 0.3) is 0 Å². The second-order valence-corrected chi connectivity index (χ2v) is 7.59. The molecule has 0 bridgehead atoms. The summed E-state index contributed by atoms with van der Waals surface area (Å²) in [7, 11) is 0. The van der Waals surface area contributed by atoms with Gasteiger partial charge in [-0.15, -0.1) is 0 Å². The molecule has 5 nitrogen and oxygen atoms in total. The maximum Gasteiger partial charge on any atom is 0.307 e. The van der Waals surface area contributed by atoms with Gasteiger partial charge in [-0.3, -0.25) is 9.59 Å². The van der Waals surface area contributed by atoms with Crippen LogP contribution in [-0.4, -0.2) is 31.6 Å². The quantitative estimate of drug-likeness (QED) is 0.277. The van der Waals surface area contributed by atoms with Gasteiger partial charge in [0.2, 0.25) is 5.91 Å². The Morgan fingerprint density at radius 1 is 1.19 bits per heavy atom. The standard InChI is InChI=1S/C13H15I3N2O3/c1-2-21-12(20)3-4-17-7-11(19)18-13-9(15)5-8(14)6-10(13)16/h5-6,17H,2-4,7H2,1H3,(H,18,19). The van der Waals surface area contributed by atoms with Crippen molar-refractivity contribution >= 4 is 85.3 Å². The maximum atomic E-state index is 11.9. The molecular weight excluding hydrogens is 613 g/mol. The molecule has 1 amide bonds. The molecule has 1 aromatic rings. The van der Waals surface area contributed by atoms with E-state index in [0.29, 0.717) is 13.2 Å². The number of esters is 1. The van der Waals surface area contributed by atoms with Gasteiger partial charge in [0.05, 0.1) is 25.3 Å². The average molecular weight is 628 g/mol. The third-order valence-electron chi connectivity index (χ3n) is 2.37. The fraction of sp³-hybridized carbons (Fsp3) is 0.385. The van der Waals surface area contributed by atoms with Gasteiger partial charge in [-0.25, -0.2) is 0 Å². The summed E-state index contributed by atoms with van der Waals surface area (Å²) in [5, 5.41) is 5.81. The van der Waals surface area contributed by atoms with Crippen molar-refractivity contribution in [3.05, 3.63) is 22.8 Å². The summed E-state index contributed by atoms with van der Waals surface area (Å²) >= 11 is 6.65. The summed E-state index contributed by atoms with van der Waals surface area (Å²) in [6.45, 7) is 2.73. The Balaban J connectivity index is 2.39. The number of amides is 1. The van der Waals surface area contributed by atoms with Crippen LogP contribution in [0.15, 0.2) is 12.1 Å². The monoisotopic (exact) mass is 628 g/mol. The van der Waals surface area contributed by atoms with Crippen molar-refractivity contribution in [2.75, 3.05) is 25.0 Å². The Kier molecular flexibility index (Phi) is 9.36. The van der Waals surface area contributed by atoms with E-state index >= 15 is 0 Å². The Morgan fingerprint density at radius 2 is 1.81 bits per heavy atom. The summed E-state index contributed by atoms with van der Waals surface area (Å²) in [4.78, 5) is 23.0. The van der Waals surface area contributed by atoms with Crippen LogP contribution in [0.4, 0.5) is 5.69 Å². The van der Waals surface area contributed by atoms with Gasteiger partial charge in [0, 0.05) is 17.3 Å². The normalized spacial score (nSPS) is 10.3. The number of nitrogens with one attached hydrogen (secondary N) is 2. The van der Waals surface area contributed by atoms with E-state index in [1.54, 1.807) is 6.92 Å². The zero-order chi connectivity index (χ0) is 15.8. The molecule has 116 valence electrons. The molecule has 0 saturated carbocycles. The van der Waals surface area contributed by atoms with Crippen molar-refractivity contribution in [2.45, 2.75) is 13.3 Å². The van der Waals surface area contributed by atoms with Gasteiger partial charge in [0.25, 0.3) is 0 Å². The first-order valence-electron chi connectivity index (χ1n) is 6.24. The molecule has 0 heterocycles. The second-order valence-electron chi connectivity index (χ2n) is 4.02. The number of carbonyl (C=O) groups excluding carboxylic acids is 2. The lowest BCUT2D eigenvalue weighted by Crippen LogP contribution is -2.30. The van der Waals surface area contributed by atoms with Gasteiger partial charge in [0.15, 0.2) is 0 Å². The Hall–Kier alpha value is 0.310. The number of anilines is 1.